The molecule has 1 aromatic heterocycles. The predicted molar refractivity (Wildman–Crippen MR) is 63.2 cm³/mol. The summed E-state index contributed by atoms with van der Waals surface area (Å²) in [4.78, 5) is 0. The number of hydrogen-bond donors (Lipinski definition) is 1. The third kappa shape index (κ3) is 3.06. The van der Waals surface area contributed by atoms with E-state index in [9.17, 15) is 0 Å². The molecule has 0 amide bonds. The van der Waals surface area contributed by atoms with Gasteiger partial charge < -0.3 is 10.1 Å². The van der Waals surface area contributed by atoms with Crippen LogP contribution < -0.4 is 5.32 Å². The Balaban J connectivity index is 1.82. The van der Waals surface area contributed by atoms with Crippen LogP contribution in [-0.4, -0.2) is 29.5 Å². The lowest BCUT2D eigenvalue weighted by molar-refractivity contribution is 0.184. The molecule has 1 atom stereocenters. The van der Waals surface area contributed by atoms with Crippen LogP contribution >= 0.6 is 0 Å². The SMILES string of the molecule is CC(C)CNCc1cnn(C2CCOC2)c1. The van der Waals surface area contributed by atoms with Gasteiger partial charge in [0.2, 0.25) is 0 Å². The lowest BCUT2D eigenvalue weighted by Crippen LogP contribution is -2.18. The molecule has 1 fully saturated rings. The first-order chi connectivity index (χ1) is 7.75. The van der Waals surface area contributed by atoms with Crippen LogP contribution in [0.25, 0.3) is 0 Å². The molecule has 16 heavy (non-hydrogen) atoms. The molecule has 0 radical (unpaired) electrons. The van der Waals surface area contributed by atoms with Gasteiger partial charge in [0, 0.05) is 24.9 Å². The van der Waals surface area contributed by atoms with Gasteiger partial charge in [-0.1, -0.05) is 13.8 Å². The van der Waals surface area contributed by atoms with Crippen molar-refractivity contribution in [1.29, 1.82) is 0 Å². The summed E-state index contributed by atoms with van der Waals surface area (Å²) >= 11 is 0. The van der Waals surface area contributed by atoms with Gasteiger partial charge in [-0.15, -0.1) is 0 Å². The molecule has 1 aliphatic rings. The highest BCUT2D eigenvalue weighted by Gasteiger charge is 2.17. The summed E-state index contributed by atoms with van der Waals surface area (Å²) in [5.41, 5.74) is 1.26. The maximum atomic E-state index is 5.36. The summed E-state index contributed by atoms with van der Waals surface area (Å²) in [5.74, 6) is 0.693. The average Bonchev–Trinajstić information content (AvgIpc) is 2.85. The Morgan fingerprint density at radius 1 is 1.62 bits per heavy atom. The van der Waals surface area contributed by atoms with E-state index in [1.165, 1.54) is 5.56 Å². The van der Waals surface area contributed by atoms with E-state index in [4.69, 9.17) is 4.74 Å². The van der Waals surface area contributed by atoms with Gasteiger partial charge in [0.1, 0.15) is 0 Å². The van der Waals surface area contributed by atoms with Gasteiger partial charge >= 0.3 is 0 Å². The maximum absolute atomic E-state index is 5.36. The zero-order chi connectivity index (χ0) is 11.4. The van der Waals surface area contributed by atoms with Crippen molar-refractivity contribution in [3.05, 3.63) is 18.0 Å². The number of aromatic nitrogens is 2. The summed E-state index contributed by atoms with van der Waals surface area (Å²) in [5, 5.41) is 7.81. The van der Waals surface area contributed by atoms with Gasteiger partial charge in [0.15, 0.2) is 0 Å². The molecule has 1 unspecified atom stereocenters. The molecular weight excluding hydrogens is 202 g/mol. The van der Waals surface area contributed by atoms with Gasteiger partial charge in [-0.25, -0.2) is 0 Å². The van der Waals surface area contributed by atoms with E-state index in [0.717, 1.165) is 32.7 Å². The molecule has 0 aromatic carbocycles. The zero-order valence-corrected chi connectivity index (χ0v) is 10.1. The van der Waals surface area contributed by atoms with E-state index in [2.05, 4.69) is 30.5 Å². The molecule has 2 heterocycles. The number of hydrogen-bond acceptors (Lipinski definition) is 3. The van der Waals surface area contributed by atoms with E-state index in [1.54, 1.807) is 0 Å². The molecule has 0 saturated carbocycles. The van der Waals surface area contributed by atoms with Crippen molar-refractivity contribution >= 4 is 0 Å². The Morgan fingerprint density at radius 2 is 2.50 bits per heavy atom. The monoisotopic (exact) mass is 223 g/mol. The second kappa shape index (κ2) is 5.46. The normalized spacial score (nSPS) is 20.8. The number of ether oxygens (including phenoxy) is 1. The lowest BCUT2D eigenvalue weighted by atomic mass is 10.2. The fraction of sp³-hybridized carbons (Fsp3) is 0.750. The molecule has 90 valence electrons. The predicted octanol–water partition coefficient (Wildman–Crippen LogP) is 1.59. The number of rotatable bonds is 5. The summed E-state index contributed by atoms with van der Waals surface area (Å²) in [6, 6.07) is 0.443. The van der Waals surface area contributed by atoms with E-state index < -0.39 is 0 Å². The summed E-state index contributed by atoms with van der Waals surface area (Å²) in [7, 11) is 0. The first kappa shape index (κ1) is 11.6. The van der Waals surface area contributed by atoms with Crippen LogP contribution in [0.5, 0.6) is 0 Å². The van der Waals surface area contributed by atoms with E-state index in [-0.39, 0.29) is 0 Å². The van der Waals surface area contributed by atoms with Gasteiger partial charge in [0.05, 0.1) is 18.8 Å². The minimum Gasteiger partial charge on any atom is -0.379 e. The highest BCUT2D eigenvalue weighted by Crippen LogP contribution is 2.17. The van der Waals surface area contributed by atoms with Crippen LogP contribution in [0.3, 0.4) is 0 Å². The summed E-state index contributed by atoms with van der Waals surface area (Å²) in [6.45, 7) is 8.06. The molecule has 1 N–H and O–H groups in total. The van der Waals surface area contributed by atoms with Crippen LogP contribution in [0.15, 0.2) is 12.4 Å². The first-order valence-corrected chi connectivity index (χ1v) is 6.07. The highest BCUT2D eigenvalue weighted by atomic mass is 16.5. The third-order valence-corrected chi connectivity index (χ3v) is 2.82. The third-order valence-electron chi connectivity index (χ3n) is 2.82. The molecule has 1 saturated heterocycles. The van der Waals surface area contributed by atoms with Crippen LogP contribution in [0, 0.1) is 5.92 Å². The van der Waals surface area contributed by atoms with Crippen LogP contribution in [0.2, 0.25) is 0 Å². The second-order valence-corrected chi connectivity index (χ2v) is 4.87. The molecule has 1 aliphatic heterocycles. The fourth-order valence-electron chi connectivity index (χ4n) is 1.90. The van der Waals surface area contributed by atoms with Crippen LogP contribution in [0.1, 0.15) is 31.9 Å². The van der Waals surface area contributed by atoms with E-state index >= 15 is 0 Å². The average molecular weight is 223 g/mol. The van der Waals surface area contributed by atoms with Crippen molar-refractivity contribution in [2.24, 2.45) is 5.92 Å². The zero-order valence-electron chi connectivity index (χ0n) is 10.1. The van der Waals surface area contributed by atoms with Gasteiger partial charge in [-0.05, 0) is 18.9 Å². The molecule has 2 rings (SSSR count). The Bertz CT molecular complexity index is 316. The summed E-state index contributed by atoms with van der Waals surface area (Å²) < 4.78 is 7.40. The maximum Gasteiger partial charge on any atom is 0.0774 e. The fourth-order valence-corrected chi connectivity index (χ4v) is 1.90. The molecule has 4 nitrogen and oxygen atoms in total. The quantitative estimate of drug-likeness (QED) is 0.824. The van der Waals surface area contributed by atoms with Gasteiger partial charge in [-0.2, -0.15) is 5.10 Å². The standard InChI is InChI=1S/C12H21N3O/c1-10(2)5-13-6-11-7-14-15(8-11)12-3-4-16-9-12/h7-8,10,12-13H,3-6,9H2,1-2H3. The number of nitrogens with one attached hydrogen (secondary N) is 1. The minimum absolute atomic E-state index is 0.443. The van der Waals surface area contributed by atoms with Crippen LogP contribution in [0.4, 0.5) is 0 Å². The Hall–Kier alpha value is -0.870. The molecule has 1 aromatic rings. The topological polar surface area (TPSA) is 39.1 Å². The molecule has 0 spiro atoms. The van der Waals surface area contributed by atoms with E-state index in [1.807, 2.05) is 10.9 Å². The van der Waals surface area contributed by atoms with Gasteiger partial charge in [0.25, 0.3) is 0 Å². The largest absolute Gasteiger partial charge is 0.379 e. The van der Waals surface area contributed by atoms with Crippen molar-refractivity contribution in [2.75, 3.05) is 19.8 Å². The first-order valence-electron chi connectivity index (χ1n) is 6.07. The van der Waals surface area contributed by atoms with Crippen molar-refractivity contribution in [1.82, 2.24) is 15.1 Å². The number of nitrogens with zero attached hydrogens (tertiary/aromatic N) is 2. The van der Waals surface area contributed by atoms with Gasteiger partial charge in [-0.3, -0.25) is 4.68 Å². The Labute approximate surface area is 97.0 Å². The van der Waals surface area contributed by atoms with Crippen molar-refractivity contribution in [3.63, 3.8) is 0 Å². The summed E-state index contributed by atoms with van der Waals surface area (Å²) in [6.07, 6.45) is 5.17. The van der Waals surface area contributed by atoms with E-state index in [0.29, 0.717) is 12.0 Å². The highest BCUT2D eigenvalue weighted by molar-refractivity contribution is 5.04. The molecular formula is C12H21N3O. The van der Waals surface area contributed by atoms with Crippen LogP contribution in [-0.2, 0) is 11.3 Å². The Kier molecular flexibility index (Phi) is 3.96. The van der Waals surface area contributed by atoms with Crippen molar-refractivity contribution in [2.45, 2.75) is 32.9 Å². The van der Waals surface area contributed by atoms with Crippen molar-refractivity contribution in [3.8, 4) is 0 Å². The Morgan fingerprint density at radius 3 is 3.19 bits per heavy atom. The molecule has 0 aliphatic carbocycles. The lowest BCUT2D eigenvalue weighted by Gasteiger charge is -2.07. The second-order valence-electron chi connectivity index (χ2n) is 4.87. The molecule has 0 bridgehead atoms. The minimum atomic E-state index is 0.443. The molecule has 4 heteroatoms. The smallest absolute Gasteiger partial charge is 0.0774 e. The van der Waals surface area contributed by atoms with Crippen molar-refractivity contribution < 1.29 is 4.74 Å².